The molecule has 20 heavy (non-hydrogen) atoms. The van der Waals surface area contributed by atoms with Crippen molar-refractivity contribution in [2.75, 3.05) is 7.05 Å². The molecule has 1 aromatic heterocycles. The molecule has 1 aromatic rings. The van der Waals surface area contributed by atoms with Crippen LogP contribution in [0.2, 0.25) is 0 Å². The van der Waals surface area contributed by atoms with Gasteiger partial charge in [0.05, 0.1) is 0 Å². The summed E-state index contributed by atoms with van der Waals surface area (Å²) in [5.74, 6) is 5.08. The van der Waals surface area contributed by atoms with Crippen LogP contribution in [0, 0.1) is 29.6 Å². The number of rotatable bonds is 4. The van der Waals surface area contributed by atoms with Gasteiger partial charge in [-0.2, -0.15) is 0 Å². The molecule has 0 spiro atoms. The van der Waals surface area contributed by atoms with Crippen LogP contribution in [0.1, 0.15) is 37.7 Å². The van der Waals surface area contributed by atoms with Gasteiger partial charge in [0.25, 0.3) is 0 Å². The van der Waals surface area contributed by atoms with E-state index < -0.39 is 0 Å². The van der Waals surface area contributed by atoms with Crippen molar-refractivity contribution in [2.45, 2.75) is 44.6 Å². The second-order valence-corrected chi connectivity index (χ2v) is 7.46. The highest BCUT2D eigenvalue weighted by Crippen LogP contribution is 2.57. The highest BCUT2D eigenvalue weighted by atomic mass is 14.9. The van der Waals surface area contributed by atoms with E-state index in [0.717, 1.165) is 29.6 Å². The maximum atomic E-state index is 4.14. The number of nitrogens with one attached hydrogen (secondary N) is 1. The predicted molar refractivity (Wildman–Crippen MR) is 81.3 cm³/mol. The Labute approximate surface area is 122 Å². The Morgan fingerprint density at radius 1 is 1.05 bits per heavy atom. The molecule has 4 fully saturated rings. The Balaban J connectivity index is 1.53. The van der Waals surface area contributed by atoms with Gasteiger partial charge in [0, 0.05) is 18.4 Å². The molecule has 1 N–H and O–H groups in total. The van der Waals surface area contributed by atoms with Crippen molar-refractivity contribution in [3.63, 3.8) is 0 Å². The molecule has 2 nitrogen and oxygen atoms in total. The van der Waals surface area contributed by atoms with Gasteiger partial charge in [-0.15, -0.1) is 0 Å². The fourth-order valence-corrected chi connectivity index (χ4v) is 5.83. The maximum absolute atomic E-state index is 4.14. The van der Waals surface area contributed by atoms with Gasteiger partial charge in [-0.3, -0.25) is 4.98 Å². The van der Waals surface area contributed by atoms with Crippen molar-refractivity contribution >= 4 is 0 Å². The van der Waals surface area contributed by atoms with Gasteiger partial charge in [0.15, 0.2) is 0 Å². The Bertz CT molecular complexity index is 428. The van der Waals surface area contributed by atoms with Crippen LogP contribution >= 0.6 is 0 Å². The first-order valence-electron chi connectivity index (χ1n) is 8.39. The SMILES string of the molecule is CNC(Cc1ccncc1)C1C2CC3CC(C2)CC1C3. The monoisotopic (exact) mass is 270 g/mol. The fourth-order valence-electron chi connectivity index (χ4n) is 5.83. The minimum absolute atomic E-state index is 0.660. The zero-order chi connectivity index (χ0) is 13.5. The van der Waals surface area contributed by atoms with Crippen molar-refractivity contribution in [1.82, 2.24) is 10.3 Å². The molecule has 5 rings (SSSR count). The van der Waals surface area contributed by atoms with Crippen LogP contribution in [0.5, 0.6) is 0 Å². The summed E-state index contributed by atoms with van der Waals surface area (Å²) in [4.78, 5) is 4.14. The average molecular weight is 270 g/mol. The van der Waals surface area contributed by atoms with Crippen molar-refractivity contribution in [3.8, 4) is 0 Å². The third kappa shape index (κ3) is 2.18. The van der Waals surface area contributed by atoms with Crippen LogP contribution in [0.15, 0.2) is 24.5 Å². The number of aromatic nitrogens is 1. The van der Waals surface area contributed by atoms with Gasteiger partial charge in [0.2, 0.25) is 0 Å². The van der Waals surface area contributed by atoms with E-state index in [2.05, 4.69) is 29.5 Å². The van der Waals surface area contributed by atoms with Crippen LogP contribution in [0.3, 0.4) is 0 Å². The van der Waals surface area contributed by atoms with E-state index in [1.807, 2.05) is 12.4 Å². The number of pyridine rings is 1. The minimum atomic E-state index is 0.660. The van der Waals surface area contributed by atoms with Crippen molar-refractivity contribution in [1.29, 1.82) is 0 Å². The molecule has 2 heteroatoms. The fraction of sp³-hybridized carbons (Fsp3) is 0.722. The van der Waals surface area contributed by atoms with Crippen molar-refractivity contribution < 1.29 is 0 Å². The summed E-state index contributed by atoms with van der Waals surface area (Å²) in [7, 11) is 2.16. The third-order valence-corrected chi connectivity index (χ3v) is 6.34. The zero-order valence-electron chi connectivity index (χ0n) is 12.5. The molecule has 4 aliphatic rings. The molecule has 108 valence electrons. The van der Waals surface area contributed by atoms with E-state index >= 15 is 0 Å². The highest BCUT2D eigenvalue weighted by Gasteiger charge is 2.50. The molecule has 4 bridgehead atoms. The standard InChI is InChI=1S/C18H26N2/c1-19-17(11-12-2-4-20-5-3-12)18-15-7-13-6-14(9-15)10-16(18)8-13/h2-5,13-19H,6-11H2,1H3. The summed E-state index contributed by atoms with van der Waals surface area (Å²) >= 11 is 0. The first-order chi connectivity index (χ1) is 9.83. The van der Waals surface area contributed by atoms with Crippen LogP contribution < -0.4 is 5.32 Å². The van der Waals surface area contributed by atoms with E-state index in [4.69, 9.17) is 0 Å². The molecule has 1 atom stereocenters. The van der Waals surface area contributed by atoms with E-state index in [1.54, 1.807) is 6.42 Å². The minimum Gasteiger partial charge on any atom is -0.316 e. The molecule has 0 radical (unpaired) electrons. The number of hydrogen-bond acceptors (Lipinski definition) is 2. The van der Waals surface area contributed by atoms with Gasteiger partial charge in [-0.05, 0) is 92.9 Å². The highest BCUT2D eigenvalue weighted by molar-refractivity contribution is 5.13. The number of likely N-dealkylation sites (N-methyl/N-ethyl adjacent to an activating group) is 1. The van der Waals surface area contributed by atoms with Gasteiger partial charge in [-0.25, -0.2) is 0 Å². The summed E-state index contributed by atoms with van der Waals surface area (Å²) in [6.45, 7) is 0. The summed E-state index contributed by atoms with van der Waals surface area (Å²) in [5.41, 5.74) is 1.44. The summed E-state index contributed by atoms with van der Waals surface area (Å²) in [6, 6.07) is 5.02. The van der Waals surface area contributed by atoms with Gasteiger partial charge < -0.3 is 5.32 Å². The number of nitrogens with zero attached hydrogens (tertiary/aromatic N) is 1. The lowest BCUT2D eigenvalue weighted by Gasteiger charge is -2.56. The molecule has 0 aromatic carbocycles. The molecule has 1 unspecified atom stereocenters. The molecular weight excluding hydrogens is 244 g/mol. The second kappa shape index (κ2) is 5.14. The molecule has 0 saturated heterocycles. The first kappa shape index (κ1) is 12.8. The molecule has 0 amide bonds. The lowest BCUT2D eigenvalue weighted by molar-refractivity contribution is -0.0507. The first-order valence-corrected chi connectivity index (χ1v) is 8.39. The Morgan fingerprint density at radius 2 is 1.65 bits per heavy atom. The maximum Gasteiger partial charge on any atom is 0.0270 e. The molecular formula is C18H26N2. The molecule has 0 aliphatic heterocycles. The van der Waals surface area contributed by atoms with Crippen LogP contribution in [-0.2, 0) is 6.42 Å². The van der Waals surface area contributed by atoms with Gasteiger partial charge in [0.1, 0.15) is 0 Å². The lowest BCUT2D eigenvalue weighted by Crippen LogP contribution is -2.53. The summed E-state index contributed by atoms with van der Waals surface area (Å²) in [5, 5.41) is 3.66. The van der Waals surface area contributed by atoms with Crippen LogP contribution in [0.25, 0.3) is 0 Å². The average Bonchev–Trinajstić information content (AvgIpc) is 2.46. The predicted octanol–water partition coefficient (Wildman–Crippen LogP) is 3.28. The zero-order valence-corrected chi connectivity index (χ0v) is 12.5. The molecule has 4 aliphatic carbocycles. The van der Waals surface area contributed by atoms with Gasteiger partial charge >= 0.3 is 0 Å². The molecule has 1 heterocycles. The van der Waals surface area contributed by atoms with E-state index in [0.29, 0.717) is 6.04 Å². The summed E-state index contributed by atoms with van der Waals surface area (Å²) in [6.07, 6.45) is 12.7. The topological polar surface area (TPSA) is 24.9 Å². The number of hydrogen-bond donors (Lipinski definition) is 1. The molecule has 4 saturated carbocycles. The quantitative estimate of drug-likeness (QED) is 0.908. The van der Waals surface area contributed by atoms with E-state index in [-0.39, 0.29) is 0 Å². The van der Waals surface area contributed by atoms with Crippen molar-refractivity contribution in [2.24, 2.45) is 29.6 Å². The normalized spacial score (nSPS) is 40.0. The smallest absolute Gasteiger partial charge is 0.0270 e. The van der Waals surface area contributed by atoms with E-state index in [9.17, 15) is 0 Å². The lowest BCUT2D eigenvalue weighted by atomic mass is 9.50. The van der Waals surface area contributed by atoms with Crippen molar-refractivity contribution in [3.05, 3.63) is 30.1 Å². The van der Waals surface area contributed by atoms with Crippen LogP contribution in [0.4, 0.5) is 0 Å². The third-order valence-electron chi connectivity index (χ3n) is 6.34. The largest absolute Gasteiger partial charge is 0.316 e. The Hall–Kier alpha value is -0.890. The van der Waals surface area contributed by atoms with Gasteiger partial charge in [-0.1, -0.05) is 0 Å². The summed E-state index contributed by atoms with van der Waals surface area (Å²) < 4.78 is 0. The second-order valence-electron chi connectivity index (χ2n) is 7.46. The Kier molecular flexibility index (Phi) is 3.30. The Morgan fingerprint density at radius 3 is 2.20 bits per heavy atom. The van der Waals surface area contributed by atoms with E-state index in [1.165, 1.54) is 37.7 Å². The van der Waals surface area contributed by atoms with Crippen LogP contribution in [-0.4, -0.2) is 18.1 Å².